The van der Waals surface area contributed by atoms with Crippen LogP contribution < -0.4 is 0 Å². The van der Waals surface area contributed by atoms with Gasteiger partial charge in [-0.05, 0) is 35.9 Å². The Labute approximate surface area is 166 Å². The molecule has 0 fully saturated rings. The molecule has 4 aromatic rings. The minimum Gasteiger partial charge on any atom is -0.459 e. The third-order valence-electron chi connectivity index (χ3n) is 4.32. The van der Waals surface area contributed by atoms with E-state index in [-0.39, 0.29) is 23.9 Å². The molecule has 1 N–H and O–H groups in total. The van der Waals surface area contributed by atoms with Crippen molar-refractivity contribution in [3.63, 3.8) is 0 Å². The molecule has 0 aliphatic heterocycles. The number of hydrogen-bond acceptors (Lipinski definition) is 7. The van der Waals surface area contributed by atoms with E-state index in [1.54, 1.807) is 18.3 Å². The van der Waals surface area contributed by atoms with Crippen LogP contribution in [0.3, 0.4) is 0 Å². The maximum atomic E-state index is 12.1. The number of hydrogen-bond donors (Lipinski definition) is 1. The van der Waals surface area contributed by atoms with Gasteiger partial charge in [-0.3, -0.25) is 9.89 Å². The molecular weight excluding hydrogens is 394 g/mol. The maximum absolute atomic E-state index is 12.1. The number of benzene rings is 2. The Bertz CT molecular complexity index is 1270. The van der Waals surface area contributed by atoms with Crippen LogP contribution in [0, 0.1) is 0 Å². The highest BCUT2D eigenvalue weighted by atomic mass is 32.2. The molecule has 2 heterocycles. The molecule has 8 nitrogen and oxygen atoms in total. The van der Waals surface area contributed by atoms with Gasteiger partial charge in [-0.2, -0.15) is 5.10 Å². The molecule has 0 saturated carbocycles. The molecule has 0 aliphatic rings. The van der Waals surface area contributed by atoms with Crippen molar-refractivity contribution >= 4 is 26.7 Å². The number of H-pyrrole nitrogens is 1. The van der Waals surface area contributed by atoms with Gasteiger partial charge in [0.2, 0.25) is 5.89 Å². The molecule has 0 aliphatic carbocycles. The second-order valence-corrected chi connectivity index (χ2v) is 8.59. The molecule has 0 saturated heterocycles. The minimum atomic E-state index is -3.26. The average molecular weight is 411 g/mol. The first-order valence-electron chi connectivity index (χ1n) is 8.71. The second-order valence-electron chi connectivity index (χ2n) is 6.57. The molecular formula is C20H17N3O5S. The molecule has 0 unspecified atom stereocenters. The predicted molar refractivity (Wildman–Crippen MR) is 105 cm³/mol. The summed E-state index contributed by atoms with van der Waals surface area (Å²) in [6, 6.07) is 11.8. The Balaban J connectivity index is 1.37. The number of aromatic nitrogens is 3. The van der Waals surface area contributed by atoms with E-state index in [0.717, 1.165) is 22.7 Å². The molecule has 148 valence electrons. The van der Waals surface area contributed by atoms with Crippen molar-refractivity contribution in [3.05, 3.63) is 66.2 Å². The number of sulfone groups is 1. The van der Waals surface area contributed by atoms with Crippen molar-refractivity contribution in [3.8, 4) is 11.5 Å². The van der Waals surface area contributed by atoms with Crippen molar-refractivity contribution in [2.75, 3.05) is 6.26 Å². The zero-order valence-electron chi connectivity index (χ0n) is 15.5. The first-order chi connectivity index (χ1) is 13.9. The molecule has 9 heteroatoms. The average Bonchev–Trinajstić information content (AvgIpc) is 3.35. The van der Waals surface area contributed by atoms with E-state index in [9.17, 15) is 13.2 Å². The van der Waals surface area contributed by atoms with E-state index in [4.69, 9.17) is 9.15 Å². The van der Waals surface area contributed by atoms with E-state index in [1.165, 1.54) is 18.4 Å². The zero-order valence-corrected chi connectivity index (χ0v) is 16.3. The topological polar surface area (TPSA) is 115 Å². The van der Waals surface area contributed by atoms with Gasteiger partial charge < -0.3 is 9.15 Å². The van der Waals surface area contributed by atoms with E-state index in [1.807, 2.05) is 18.2 Å². The van der Waals surface area contributed by atoms with E-state index >= 15 is 0 Å². The summed E-state index contributed by atoms with van der Waals surface area (Å²) in [6.45, 7) is -0.0178. The van der Waals surface area contributed by atoms with Gasteiger partial charge in [-0.1, -0.05) is 12.1 Å². The lowest BCUT2D eigenvalue weighted by molar-refractivity contribution is -0.144. The van der Waals surface area contributed by atoms with E-state index < -0.39 is 9.84 Å². The number of rotatable bonds is 6. The van der Waals surface area contributed by atoms with Gasteiger partial charge in [0, 0.05) is 17.2 Å². The van der Waals surface area contributed by atoms with Crippen LogP contribution in [0.2, 0.25) is 0 Å². The summed E-state index contributed by atoms with van der Waals surface area (Å²) in [4.78, 5) is 16.6. The normalized spacial score (nSPS) is 11.6. The first kappa shape index (κ1) is 18.9. The molecule has 0 bridgehead atoms. The van der Waals surface area contributed by atoms with Gasteiger partial charge in [0.25, 0.3) is 0 Å². The molecule has 2 aromatic heterocycles. The van der Waals surface area contributed by atoms with Gasteiger partial charge in [-0.25, -0.2) is 13.4 Å². The summed E-state index contributed by atoms with van der Waals surface area (Å²) in [5, 5.41) is 7.79. The monoisotopic (exact) mass is 411 g/mol. The van der Waals surface area contributed by atoms with Crippen molar-refractivity contribution < 1.29 is 22.4 Å². The van der Waals surface area contributed by atoms with Crippen LogP contribution in [-0.4, -0.2) is 35.8 Å². The van der Waals surface area contributed by atoms with Gasteiger partial charge in [0.05, 0.1) is 23.0 Å². The summed E-state index contributed by atoms with van der Waals surface area (Å²) < 4.78 is 33.7. The van der Waals surface area contributed by atoms with Crippen LogP contribution >= 0.6 is 0 Å². The lowest BCUT2D eigenvalue weighted by Crippen LogP contribution is -2.08. The van der Waals surface area contributed by atoms with Crippen molar-refractivity contribution in [2.24, 2.45) is 0 Å². The molecule has 0 amide bonds. The molecule has 2 aromatic carbocycles. The molecule has 0 radical (unpaired) electrons. The van der Waals surface area contributed by atoms with Crippen LogP contribution in [-0.2, 0) is 32.4 Å². The quantitative estimate of drug-likeness (QED) is 0.485. The summed E-state index contributed by atoms with van der Waals surface area (Å²) in [7, 11) is -3.26. The number of carbonyl (C=O) groups excluding carboxylic acids is 1. The number of nitrogens with zero attached hydrogens (tertiary/aromatic N) is 2. The fourth-order valence-corrected chi connectivity index (χ4v) is 3.45. The number of aromatic amines is 1. The highest BCUT2D eigenvalue weighted by Gasteiger charge is 2.12. The number of fused-ring (bicyclic) bond motifs is 1. The molecule has 29 heavy (non-hydrogen) atoms. The molecule has 4 rings (SSSR count). The summed E-state index contributed by atoms with van der Waals surface area (Å²) >= 11 is 0. The Morgan fingerprint density at radius 1 is 1.17 bits per heavy atom. The third kappa shape index (κ3) is 4.35. The largest absolute Gasteiger partial charge is 0.459 e. The molecule has 0 spiro atoms. The third-order valence-corrected chi connectivity index (χ3v) is 5.45. The van der Waals surface area contributed by atoms with Gasteiger partial charge in [0.15, 0.2) is 9.84 Å². The Morgan fingerprint density at radius 3 is 2.72 bits per heavy atom. The minimum absolute atomic E-state index is 0.0178. The standard InChI is InChI=1S/C20H17N3O5S/c1-29(25,26)17-6-4-14(5-7-17)20-22-16(12-28-20)11-27-19(24)9-13-2-3-15-10-21-23-18(15)8-13/h2-8,10,12H,9,11H2,1H3,(H,21,23). The van der Waals surface area contributed by atoms with Crippen LogP contribution in [0.4, 0.5) is 0 Å². The lowest BCUT2D eigenvalue weighted by atomic mass is 10.1. The highest BCUT2D eigenvalue weighted by Crippen LogP contribution is 2.21. The van der Waals surface area contributed by atoms with Crippen LogP contribution in [0.1, 0.15) is 11.3 Å². The fraction of sp³-hybridized carbons (Fsp3) is 0.150. The number of oxazole rings is 1. The predicted octanol–water partition coefficient (Wildman–Crippen LogP) is 2.91. The second kappa shape index (κ2) is 7.51. The lowest BCUT2D eigenvalue weighted by Gasteiger charge is -2.03. The van der Waals surface area contributed by atoms with Crippen LogP contribution in [0.5, 0.6) is 0 Å². The number of esters is 1. The summed E-state index contributed by atoms with van der Waals surface area (Å²) in [6.07, 6.45) is 4.40. The number of carbonyl (C=O) groups is 1. The number of nitrogens with one attached hydrogen (secondary N) is 1. The fourth-order valence-electron chi connectivity index (χ4n) is 2.82. The van der Waals surface area contributed by atoms with Gasteiger partial charge in [-0.15, -0.1) is 0 Å². The Kier molecular flexibility index (Phi) is 4.89. The zero-order chi connectivity index (χ0) is 20.4. The summed E-state index contributed by atoms with van der Waals surface area (Å²) in [5.41, 5.74) is 2.77. The SMILES string of the molecule is CS(=O)(=O)c1ccc(-c2nc(COC(=O)Cc3ccc4cn[nH]c4c3)co2)cc1. The van der Waals surface area contributed by atoms with Crippen LogP contribution in [0.25, 0.3) is 22.4 Å². The number of ether oxygens (including phenoxy) is 1. The Hall–Kier alpha value is -3.46. The van der Waals surface area contributed by atoms with Crippen molar-refractivity contribution in [2.45, 2.75) is 17.9 Å². The van der Waals surface area contributed by atoms with E-state index in [0.29, 0.717) is 17.1 Å². The van der Waals surface area contributed by atoms with Crippen molar-refractivity contribution in [1.82, 2.24) is 15.2 Å². The highest BCUT2D eigenvalue weighted by molar-refractivity contribution is 7.90. The van der Waals surface area contributed by atoms with E-state index in [2.05, 4.69) is 15.2 Å². The maximum Gasteiger partial charge on any atom is 0.310 e. The van der Waals surface area contributed by atoms with Crippen molar-refractivity contribution in [1.29, 1.82) is 0 Å². The van der Waals surface area contributed by atoms with Gasteiger partial charge in [0.1, 0.15) is 18.6 Å². The Morgan fingerprint density at radius 2 is 1.97 bits per heavy atom. The molecule has 0 atom stereocenters. The first-order valence-corrected chi connectivity index (χ1v) is 10.6. The van der Waals surface area contributed by atoms with Gasteiger partial charge >= 0.3 is 5.97 Å². The van der Waals surface area contributed by atoms with Crippen LogP contribution in [0.15, 0.2) is 64.2 Å². The summed E-state index contributed by atoms with van der Waals surface area (Å²) in [5.74, 6) is -0.0632. The smallest absolute Gasteiger partial charge is 0.310 e.